The highest BCUT2D eigenvalue weighted by Gasteiger charge is 2.17. The Morgan fingerprint density at radius 2 is 0.750 bits per heavy atom. The zero-order valence-corrected chi connectivity index (χ0v) is 49.5. The minimum Gasteiger partial charge on any atom is -0.493 e. The molecule has 21 nitrogen and oxygen atoms in total. The van der Waals surface area contributed by atoms with Gasteiger partial charge in [-0.05, 0) is 178 Å². The van der Waals surface area contributed by atoms with Gasteiger partial charge in [0.1, 0.15) is 42.0 Å². The van der Waals surface area contributed by atoms with Gasteiger partial charge in [0.25, 0.3) is 0 Å². The Hall–Kier alpha value is -9.41. The predicted octanol–water partition coefficient (Wildman–Crippen LogP) is 11.7. The monoisotopic (exact) mass is 1210 g/mol. The van der Waals surface area contributed by atoms with Gasteiger partial charge in [-0.25, -0.2) is 24.0 Å². The summed E-state index contributed by atoms with van der Waals surface area (Å²) in [6.07, 6.45) is 8.95. The van der Waals surface area contributed by atoms with E-state index >= 15 is 0 Å². The van der Waals surface area contributed by atoms with Crippen LogP contribution in [0.2, 0.25) is 0 Å². The largest absolute Gasteiger partial charge is 0.493 e. The molecule has 88 heavy (non-hydrogen) atoms. The second kappa shape index (κ2) is 39.3. The summed E-state index contributed by atoms with van der Waals surface area (Å²) < 4.78 is 77.2. The first-order valence-corrected chi connectivity index (χ1v) is 28.6. The smallest absolute Gasteiger partial charge is 0.343 e. The van der Waals surface area contributed by atoms with E-state index in [-0.39, 0.29) is 36.0 Å². The molecule has 6 aromatic rings. The fraction of sp³-hybridized carbons (Fsp3) is 0.328. The fourth-order valence-electron chi connectivity index (χ4n) is 7.77. The van der Waals surface area contributed by atoms with Crippen LogP contribution in [0.15, 0.2) is 159 Å². The third-order valence-corrected chi connectivity index (χ3v) is 12.4. The van der Waals surface area contributed by atoms with Gasteiger partial charge in [0, 0.05) is 12.2 Å². The normalized spacial score (nSPS) is 10.7. The number of hydrogen-bond acceptors (Lipinski definition) is 21. The zero-order chi connectivity index (χ0) is 62.4. The Morgan fingerprint density at radius 1 is 0.364 bits per heavy atom. The van der Waals surface area contributed by atoms with E-state index in [1.807, 2.05) is 24.3 Å². The first-order valence-electron chi connectivity index (χ1n) is 28.6. The molecule has 0 N–H and O–H groups in total. The van der Waals surface area contributed by atoms with Crippen LogP contribution in [-0.2, 0) is 44.8 Å². The minimum absolute atomic E-state index is 0.0255. The van der Waals surface area contributed by atoms with Crippen molar-refractivity contribution in [2.24, 2.45) is 0 Å². The van der Waals surface area contributed by atoms with Crippen molar-refractivity contribution in [2.75, 3.05) is 87.1 Å². The van der Waals surface area contributed by atoms with Gasteiger partial charge in [-0.1, -0.05) is 25.3 Å². The standard InChI is InChI=1S/C67H74O21/c1-5-63(68)81-37-13-9-7-11-35-79-59-33-19-51(45-61(59)73-3)66(71)86-56-27-25-55(26-28-56)85-65(70)50-17-23-54(24-18-50)83-48-77-42-41-75-39-40-76-43-44-78-53-21-15-49(16-22-53)47-84-88-58-31-29-57(30-32-58)87-67(72)52-20-34-60(62(46-52)74-4)80-36-12-8-10-14-38-82-64(69)6-2/h5-6,15-34,45-46H,1-2,7-14,35-44,47-48H2,3-4H3. The van der Waals surface area contributed by atoms with Crippen LogP contribution in [0.1, 0.15) is 88.0 Å². The number of carbonyl (C=O) groups excluding carboxylic acids is 5. The van der Waals surface area contributed by atoms with Crippen LogP contribution in [-0.4, -0.2) is 117 Å². The van der Waals surface area contributed by atoms with E-state index in [9.17, 15) is 24.0 Å². The number of rotatable bonds is 43. The molecule has 0 saturated carbocycles. The molecule has 6 aromatic carbocycles. The second-order valence-electron chi connectivity index (χ2n) is 18.9. The Bertz CT molecular complexity index is 3090. The lowest BCUT2D eigenvalue weighted by Crippen LogP contribution is -2.13. The summed E-state index contributed by atoms with van der Waals surface area (Å²) in [6, 6.07) is 35.9. The highest BCUT2D eigenvalue weighted by atomic mass is 17.2. The number of benzene rings is 6. The van der Waals surface area contributed by atoms with Gasteiger partial charge in [-0.2, -0.15) is 4.89 Å². The third-order valence-electron chi connectivity index (χ3n) is 12.4. The van der Waals surface area contributed by atoms with Crippen molar-refractivity contribution in [3.8, 4) is 57.5 Å². The number of ether oxygens (including phenoxy) is 14. The average Bonchev–Trinajstić information content (AvgIpc) is 3.64. The van der Waals surface area contributed by atoms with Crippen molar-refractivity contribution < 1.29 is 100 Å². The second-order valence-corrected chi connectivity index (χ2v) is 18.9. The van der Waals surface area contributed by atoms with Gasteiger partial charge in [-0.3, -0.25) is 0 Å². The lowest BCUT2D eigenvalue weighted by Gasteiger charge is -2.12. The van der Waals surface area contributed by atoms with Crippen molar-refractivity contribution >= 4 is 29.8 Å². The van der Waals surface area contributed by atoms with Gasteiger partial charge < -0.3 is 71.2 Å². The van der Waals surface area contributed by atoms with Crippen molar-refractivity contribution in [2.45, 2.75) is 58.0 Å². The topological polar surface area (TPSA) is 233 Å². The van der Waals surface area contributed by atoms with Crippen molar-refractivity contribution in [1.29, 1.82) is 0 Å². The van der Waals surface area contributed by atoms with Crippen LogP contribution in [0.4, 0.5) is 0 Å². The van der Waals surface area contributed by atoms with Gasteiger partial charge >= 0.3 is 29.8 Å². The molecule has 0 amide bonds. The molecule has 6 rings (SSSR count). The zero-order valence-electron chi connectivity index (χ0n) is 49.5. The van der Waals surface area contributed by atoms with E-state index in [1.165, 1.54) is 44.6 Å². The highest BCUT2D eigenvalue weighted by molar-refractivity contribution is 5.93. The van der Waals surface area contributed by atoms with Crippen LogP contribution in [0.25, 0.3) is 0 Å². The molecule has 0 atom stereocenters. The molecule has 0 bridgehead atoms. The maximum atomic E-state index is 12.9. The Morgan fingerprint density at radius 3 is 1.22 bits per heavy atom. The molecule has 0 saturated heterocycles. The highest BCUT2D eigenvalue weighted by Crippen LogP contribution is 2.31. The molecular weight excluding hydrogens is 1140 g/mol. The Kier molecular flexibility index (Phi) is 30.3. The summed E-state index contributed by atoms with van der Waals surface area (Å²) in [5.74, 6) is 1.55. The van der Waals surface area contributed by atoms with Crippen molar-refractivity contribution in [1.82, 2.24) is 0 Å². The van der Waals surface area contributed by atoms with Crippen LogP contribution >= 0.6 is 0 Å². The average molecular weight is 1220 g/mol. The number of esters is 5. The van der Waals surface area contributed by atoms with Crippen LogP contribution in [0, 0.1) is 0 Å². The summed E-state index contributed by atoms with van der Waals surface area (Å²) in [6.45, 7) is 10.6. The molecule has 0 aliphatic carbocycles. The summed E-state index contributed by atoms with van der Waals surface area (Å²) >= 11 is 0. The maximum Gasteiger partial charge on any atom is 0.343 e. The lowest BCUT2D eigenvalue weighted by atomic mass is 10.2. The lowest BCUT2D eigenvalue weighted by molar-refractivity contribution is -0.217. The Labute approximate surface area is 511 Å². The van der Waals surface area contributed by atoms with E-state index in [0.29, 0.717) is 118 Å². The van der Waals surface area contributed by atoms with Crippen molar-refractivity contribution in [3.05, 3.63) is 181 Å². The molecule has 0 heterocycles. The first-order chi connectivity index (χ1) is 43.0. The van der Waals surface area contributed by atoms with Crippen molar-refractivity contribution in [3.63, 3.8) is 0 Å². The van der Waals surface area contributed by atoms with E-state index in [1.54, 1.807) is 78.9 Å². The molecule has 468 valence electrons. The van der Waals surface area contributed by atoms with Gasteiger partial charge in [-0.15, -0.1) is 0 Å². The maximum absolute atomic E-state index is 12.9. The van der Waals surface area contributed by atoms with Crippen LogP contribution in [0.3, 0.4) is 0 Å². The molecular formula is C67H74O21. The molecule has 0 unspecified atom stereocenters. The van der Waals surface area contributed by atoms with Gasteiger partial charge in [0.2, 0.25) is 0 Å². The molecule has 0 radical (unpaired) electrons. The first kappa shape index (κ1) is 67.7. The number of hydrogen-bond donors (Lipinski definition) is 0. The van der Waals surface area contributed by atoms with Gasteiger partial charge in [0.05, 0.1) is 90.4 Å². The molecule has 0 spiro atoms. The number of carbonyl (C=O) groups is 5. The van der Waals surface area contributed by atoms with Crippen LogP contribution < -0.4 is 47.5 Å². The fourth-order valence-corrected chi connectivity index (χ4v) is 7.77. The molecule has 21 heteroatoms. The predicted molar refractivity (Wildman–Crippen MR) is 321 cm³/mol. The summed E-state index contributed by atoms with van der Waals surface area (Å²) in [5, 5.41) is 0. The quantitative estimate of drug-likeness (QED) is 0.00658. The molecule has 0 aliphatic heterocycles. The molecule has 0 fully saturated rings. The van der Waals surface area contributed by atoms with E-state index in [2.05, 4.69) is 13.2 Å². The Balaban J connectivity index is 0.743. The molecule has 0 aromatic heterocycles. The summed E-state index contributed by atoms with van der Waals surface area (Å²) in [4.78, 5) is 71.8. The SMILES string of the molecule is C=CC(=O)OCCCCCCOc1ccc(C(=O)Oc2ccc(OOCc3ccc(OCCOCCOCCOCOc4ccc(C(=O)Oc5ccc(OC(=O)c6ccc(OCCCCCCOC(=O)C=C)c(OC)c6)cc5)cc4)cc3)cc2)cc1OC. The minimum atomic E-state index is -0.612. The number of unbranched alkanes of at least 4 members (excludes halogenated alkanes) is 6. The number of methoxy groups -OCH3 is 2. The van der Waals surface area contributed by atoms with E-state index < -0.39 is 29.8 Å². The van der Waals surface area contributed by atoms with Gasteiger partial charge in [0.15, 0.2) is 35.5 Å². The molecule has 0 aliphatic rings. The van der Waals surface area contributed by atoms with E-state index in [0.717, 1.165) is 69.1 Å². The third kappa shape index (κ3) is 25.3. The van der Waals surface area contributed by atoms with Crippen LogP contribution in [0.5, 0.6) is 57.5 Å². The summed E-state index contributed by atoms with van der Waals surface area (Å²) in [5.41, 5.74) is 1.69. The summed E-state index contributed by atoms with van der Waals surface area (Å²) in [7, 11) is 2.98. The van der Waals surface area contributed by atoms with E-state index in [4.69, 9.17) is 76.1 Å².